The maximum Gasteiger partial charge on any atom is 0.236 e. The number of hydrogen-bond acceptors (Lipinski definition) is 3. The third-order valence-corrected chi connectivity index (χ3v) is 4.52. The molecule has 2 aromatic rings. The molecular weight excluding hydrogens is 340 g/mol. The first kappa shape index (κ1) is 17.3. The first-order valence-corrected chi connectivity index (χ1v) is 8.40. The summed E-state index contributed by atoms with van der Waals surface area (Å²) in [6.45, 7) is 1.99. The van der Waals surface area contributed by atoms with Crippen LogP contribution in [0.25, 0.3) is 0 Å². The molecule has 1 aliphatic rings. The van der Waals surface area contributed by atoms with Crippen LogP contribution in [0.5, 0.6) is 5.75 Å². The quantitative estimate of drug-likeness (QED) is 0.848. The average Bonchev–Trinajstić information content (AvgIpc) is 2.90. The van der Waals surface area contributed by atoms with Crippen molar-refractivity contribution in [2.75, 3.05) is 17.3 Å². The van der Waals surface area contributed by atoms with Crippen LogP contribution in [0.4, 0.5) is 11.4 Å². The Labute approximate surface area is 151 Å². The lowest BCUT2D eigenvalue weighted by Crippen LogP contribution is -2.37. The van der Waals surface area contributed by atoms with E-state index in [9.17, 15) is 9.59 Å². The van der Waals surface area contributed by atoms with E-state index < -0.39 is 0 Å². The molecule has 2 amide bonds. The highest BCUT2D eigenvalue weighted by molar-refractivity contribution is 6.32. The average molecular weight is 359 g/mol. The molecular formula is C19H19ClN2O3. The fraction of sp³-hybridized carbons (Fsp3) is 0.263. The van der Waals surface area contributed by atoms with Crippen molar-refractivity contribution in [3.63, 3.8) is 0 Å². The minimum absolute atomic E-state index is 0.0492. The zero-order chi connectivity index (χ0) is 18.0. The van der Waals surface area contributed by atoms with Crippen molar-refractivity contribution in [3.05, 3.63) is 53.1 Å². The van der Waals surface area contributed by atoms with Crippen molar-refractivity contribution in [1.82, 2.24) is 0 Å². The Hall–Kier alpha value is -2.53. The van der Waals surface area contributed by atoms with Gasteiger partial charge in [0.15, 0.2) is 0 Å². The maximum absolute atomic E-state index is 12.6. The third kappa shape index (κ3) is 3.61. The van der Waals surface area contributed by atoms with Crippen LogP contribution < -0.4 is 15.0 Å². The molecule has 130 valence electrons. The molecule has 0 spiro atoms. The summed E-state index contributed by atoms with van der Waals surface area (Å²) in [4.78, 5) is 26.5. The van der Waals surface area contributed by atoms with E-state index in [1.807, 2.05) is 31.2 Å². The van der Waals surface area contributed by atoms with Crippen LogP contribution in [-0.4, -0.2) is 25.0 Å². The van der Waals surface area contributed by atoms with Gasteiger partial charge in [0.1, 0.15) is 12.2 Å². The van der Waals surface area contributed by atoms with E-state index in [-0.39, 0.29) is 24.3 Å². The molecule has 1 unspecified atom stereocenters. The summed E-state index contributed by atoms with van der Waals surface area (Å²) in [5, 5.41) is 3.10. The molecule has 1 N–H and O–H groups in total. The van der Waals surface area contributed by atoms with Crippen LogP contribution in [0.2, 0.25) is 5.02 Å². The normalized spacial score (nSPS) is 15.6. The van der Waals surface area contributed by atoms with Crippen LogP contribution in [0.15, 0.2) is 42.5 Å². The number of halogens is 1. The first-order chi connectivity index (χ1) is 12.0. The summed E-state index contributed by atoms with van der Waals surface area (Å²) in [6.07, 6.45) is 0.583. The number of hydrogen-bond donors (Lipinski definition) is 1. The van der Waals surface area contributed by atoms with Gasteiger partial charge in [-0.15, -0.1) is 0 Å². The van der Waals surface area contributed by atoms with Gasteiger partial charge in [-0.3, -0.25) is 9.59 Å². The molecule has 0 aliphatic carbocycles. The van der Waals surface area contributed by atoms with Crippen LogP contribution in [0, 0.1) is 0 Å². The molecule has 1 atom stereocenters. The van der Waals surface area contributed by atoms with Gasteiger partial charge in [0.25, 0.3) is 0 Å². The highest BCUT2D eigenvalue weighted by Gasteiger charge is 2.31. The van der Waals surface area contributed by atoms with E-state index in [1.54, 1.807) is 23.1 Å². The topological polar surface area (TPSA) is 58.6 Å². The van der Waals surface area contributed by atoms with Gasteiger partial charge in [-0.1, -0.05) is 29.8 Å². The molecule has 0 aromatic heterocycles. The molecule has 3 rings (SSSR count). The molecule has 0 saturated carbocycles. The smallest absolute Gasteiger partial charge is 0.236 e. The highest BCUT2D eigenvalue weighted by Crippen LogP contribution is 2.32. The zero-order valence-electron chi connectivity index (χ0n) is 14.1. The molecule has 0 saturated heterocycles. The van der Waals surface area contributed by atoms with E-state index in [0.29, 0.717) is 16.5 Å². The van der Waals surface area contributed by atoms with Gasteiger partial charge in [0, 0.05) is 17.4 Å². The number of amides is 2. The Morgan fingerprint density at radius 2 is 2.04 bits per heavy atom. The molecule has 1 heterocycles. The van der Waals surface area contributed by atoms with Crippen LogP contribution in [0.1, 0.15) is 18.9 Å². The van der Waals surface area contributed by atoms with Gasteiger partial charge in [0.05, 0.1) is 12.1 Å². The maximum atomic E-state index is 12.6. The number of benzene rings is 2. The van der Waals surface area contributed by atoms with E-state index >= 15 is 0 Å². The minimum Gasteiger partial charge on any atom is -0.495 e. The van der Waals surface area contributed by atoms with Crippen LogP contribution >= 0.6 is 11.6 Å². The zero-order valence-corrected chi connectivity index (χ0v) is 14.8. The molecule has 0 bridgehead atoms. The van der Waals surface area contributed by atoms with Crippen molar-refractivity contribution < 1.29 is 14.3 Å². The number of nitrogens with zero attached hydrogens (tertiary/aromatic N) is 1. The number of nitrogens with one attached hydrogen (secondary N) is 1. The van der Waals surface area contributed by atoms with Gasteiger partial charge < -0.3 is 15.0 Å². The number of ether oxygens (including phenoxy) is 1. The summed E-state index contributed by atoms with van der Waals surface area (Å²) >= 11 is 6.05. The van der Waals surface area contributed by atoms with E-state index in [2.05, 4.69) is 5.32 Å². The van der Waals surface area contributed by atoms with Gasteiger partial charge in [-0.25, -0.2) is 0 Å². The summed E-state index contributed by atoms with van der Waals surface area (Å²) in [7, 11) is 1.52. The molecule has 2 aromatic carbocycles. The summed E-state index contributed by atoms with van der Waals surface area (Å²) in [5.74, 6) is -0.0596. The number of para-hydroxylation sites is 1. The van der Waals surface area contributed by atoms with E-state index in [1.165, 1.54) is 7.11 Å². The second-order valence-electron chi connectivity index (χ2n) is 6.02. The highest BCUT2D eigenvalue weighted by atomic mass is 35.5. The lowest BCUT2D eigenvalue weighted by Gasteiger charge is -2.22. The first-order valence-electron chi connectivity index (χ1n) is 8.03. The molecule has 6 heteroatoms. The summed E-state index contributed by atoms with van der Waals surface area (Å²) < 4.78 is 5.08. The Morgan fingerprint density at radius 3 is 2.76 bits per heavy atom. The Balaban J connectivity index is 1.67. The Bertz CT molecular complexity index is 822. The second-order valence-corrected chi connectivity index (χ2v) is 6.43. The SMILES string of the molecule is COc1ccc(NC(=O)CC(=O)N2c3ccccc3CC2C)cc1Cl. The van der Waals surface area contributed by atoms with Crippen molar-refractivity contribution in [2.24, 2.45) is 0 Å². The Morgan fingerprint density at radius 1 is 1.28 bits per heavy atom. The summed E-state index contributed by atoms with van der Waals surface area (Å²) in [6, 6.07) is 12.8. The minimum atomic E-state index is -0.372. The van der Waals surface area contributed by atoms with E-state index in [0.717, 1.165) is 17.7 Å². The predicted molar refractivity (Wildman–Crippen MR) is 98.3 cm³/mol. The van der Waals surface area contributed by atoms with Crippen LogP contribution in [-0.2, 0) is 16.0 Å². The molecule has 5 nitrogen and oxygen atoms in total. The molecule has 0 fully saturated rings. The largest absolute Gasteiger partial charge is 0.495 e. The number of anilines is 2. The number of fused-ring (bicyclic) bond motifs is 1. The van der Waals surface area contributed by atoms with Crippen molar-refractivity contribution in [3.8, 4) is 5.75 Å². The number of carbonyl (C=O) groups is 2. The van der Waals surface area contributed by atoms with Crippen LogP contribution in [0.3, 0.4) is 0 Å². The van der Waals surface area contributed by atoms with Crippen molar-refractivity contribution in [1.29, 1.82) is 0 Å². The monoisotopic (exact) mass is 358 g/mol. The second kappa shape index (κ2) is 7.15. The Kier molecular flexibility index (Phi) is 4.95. The fourth-order valence-corrected chi connectivity index (χ4v) is 3.38. The predicted octanol–water partition coefficient (Wildman–Crippen LogP) is 3.66. The molecule has 25 heavy (non-hydrogen) atoms. The lowest BCUT2D eigenvalue weighted by atomic mass is 10.1. The summed E-state index contributed by atoms with van der Waals surface area (Å²) in [5.41, 5.74) is 2.55. The van der Waals surface area contributed by atoms with E-state index in [4.69, 9.17) is 16.3 Å². The standard InChI is InChI=1S/C19H19ClN2O3/c1-12-9-13-5-3-4-6-16(13)22(12)19(24)11-18(23)21-14-7-8-17(25-2)15(20)10-14/h3-8,10,12H,9,11H2,1-2H3,(H,21,23). The van der Waals surface area contributed by atoms with Gasteiger partial charge in [0.2, 0.25) is 11.8 Å². The van der Waals surface area contributed by atoms with Crippen molar-refractivity contribution >= 4 is 34.8 Å². The number of rotatable bonds is 4. The van der Waals surface area contributed by atoms with Gasteiger partial charge in [-0.2, -0.15) is 0 Å². The van der Waals surface area contributed by atoms with Gasteiger partial charge >= 0.3 is 0 Å². The van der Waals surface area contributed by atoms with Crippen molar-refractivity contribution in [2.45, 2.75) is 25.8 Å². The van der Waals surface area contributed by atoms with Gasteiger partial charge in [-0.05, 0) is 43.2 Å². The third-order valence-electron chi connectivity index (χ3n) is 4.22. The molecule has 1 aliphatic heterocycles. The lowest BCUT2D eigenvalue weighted by molar-refractivity contribution is -0.125. The number of carbonyl (C=O) groups excluding carboxylic acids is 2. The molecule has 0 radical (unpaired) electrons. The fourth-order valence-electron chi connectivity index (χ4n) is 3.12. The number of methoxy groups -OCH3 is 1.